The summed E-state index contributed by atoms with van der Waals surface area (Å²) in [5.41, 5.74) is 1.19. The maximum Gasteiger partial charge on any atom is 0.335 e. The monoisotopic (exact) mass is 274 g/mol. The number of hydrogen-bond donors (Lipinski definition) is 2. The Labute approximate surface area is 113 Å². The number of aromatic carboxylic acids is 1. The van der Waals surface area contributed by atoms with E-state index in [2.05, 4.69) is 15.3 Å². The molecule has 1 aromatic carbocycles. The predicted octanol–water partition coefficient (Wildman–Crippen LogP) is 2.14. The summed E-state index contributed by atoms with van der Waals surface area (Å²) in [6.07, 6.45) is 2.18. The quantitative estimate of drug-likeness (QED) is 0.647. The van der Waals surface area contributed by atoms with Gasteiger partial charge in [-0.1, -0.05) is 0 Å². The van der Waals surface area contributed by atoms with Crippen molar-refractivity contribution in [3.63, 3.8) is 0 Å². The summed E-state index contributed by atoms with van der Waals surface area (Å²) in [4.78, 5) is 28.4. The summed E-state index contributed by atoms with van der Waals surface area (Å²) in [5.74, 6) is -0.807. The molecule has 1 heterocycles. The average molecular weight is 274 g/mol. The van der Waals surface area contributed by atoms with Crippen molar-refractivity contribution in [1.82, 2.24) is 9.97 Å². The first-order valence-corrected chi connectivity index (χ1v) is 5.55. The molecule has 2 aromatic rings. The van der Waals surface area contributed by atoms with Gasteiger partial charge in [0.15, 0.2) is 0 Å². The second-order valence-electron chi connectivity index (χ2n) is 3.98. The number of hydrogen-bond acceptors (Lipinski definition) is 6. The summed E-state index contributed by atoms with van der Waals surface area (Å²) in [5, 5.41) is 22.2. The van der Waals surface area contributed by atoms with Crippen LogP contribution in [0.1, 0.15) is 15.9 Å². The molecule has 102 valence electrons. The number of carbonyl (C=O) groups is 1. The van der Waals surface area contributed by atoms with E-state index in [1.54, 1.807) is 19.1 Å². The third kappa shape index (κ3) is 2.86. The number of benzene rings is 1. The van der Waals surface area contributed by atoms with E-state index < -0.39 is 10.9 Å². The molecule has 20 heavy (non-hydrogen) atoms. The standard InChI is InChI=1S/C12H10N4O4/c1-7-4-8(2-3-10(7)11(17)18)15-12-13-5-9(6-14-12)16(19)20/h2-6H,1H3,(H,17,18)(H,13,14,15). The maximum atomic E-state index is 10.9. The van der Waals surface area contributed by atoms with E-state index in [0.717, 1.165) is 12.4 Å². The van der Waals surface area contributed by atoms with Crippen molar-refractivity contribution < 1.29 is 14.8 Å². The van der Waals surface area contributed by atoms with Gasteiger partial charge < -0.3 is 10.4 Å². The minimum absolute atomic E-state index is 0.193. The Morgan fingerprint density at radius 1 is 1.35 bits per heavy atom. The molecule has 0 bridgehead atoms. The molecule has 2 rings (SSSR count). The van der Waals surface area contributed by atoms with Gasteiger partial charge in [-0.05, 0) is 30.7 Å². The fourth-order valence-electron chi connectivity index (χ4n) is 1.59. The van der Waals surface area contributed by atoms with Crippen LogP contribution in [0.25, 0.3) is 0 Å². The molecule has 0 saturated carbocycles. The number of carboxylic acids is 1. The topological polar surface area (TPSA) is 118 Å². The Bertz CT molecular complexity index is 670. The lowest BCUT2D eigenvalue weighted by atomic mass is 10.1. The second-order valence-corrected chi connectivity index (χ2v) is 3.98. The van der Waals surface area contributed by atoms with Crippen LogP contribution >= 0.6 is 0 Å². The van der Waals surface area contributed by atoms with Crippen molar-refractivity contribution in [3.8, 4) is 0 Å². The minimum atomic E-state index is -0.999. The molecule has 1 aromatic heterocycles. The van der Waals surface area contributed by atoms with Crippen LogP contribution in [0.5, 0.6) is 0 Å². The van der Waals surface area contributed by atoms with Crippen LogP contribution in [0.4, 0.5) is 17.3 Å². The number of nitrogens with one attached hydrogen (secondary N) is 1. The number of nitro groups is 1. The van der Waals surface area contributed by atoms with Gasteiger partial charge in [-0.25, -0.2) is 14.8 Å². The minimum Gasteiger partial charge on any atom is -0.478 e. The Morgan fingerprint density at radius 3 is 2.50 bits per heavy atom. The fourth-order valence-corrected chi connectivity index (χ4v) is 1.59. The summed E-state index contributed by atoms with van der Waals surface area (Å²) < 4.78 is 0. The van der Waals surface area contributed by atoms with Gasteiger partial charge in [0.2, 0.25) is 5.95 Å². The zero-order chi connectivity index (χ0) is 14.7. The summed E-state index contributed by atoms with van der Waals surface area (Å²) in [6.45, 7) is 1.67. The number of rotatable bonds is 4. The van der Waals surface area contributed by atoms with Gasteiger partial charge in [-0.15, -0.1) is 0 Å². The lowest BCUT2D eigenvalue weighted by Crippen LogP contribution is -2.02. The Kier molecular flexibility index (Phi) is 3.56. The van der Waals surface area contributed by atoms with Gasteiger partial charge in [0.1, 0.15) is 12.4 Å². The number of aromatic nitrogens is 2. The molecule has 8 heteroatoms. The molecule has 0 spiro atoms. The zero-order valence-corrected chi connectivity index (χ0v) is 10.4. The molecular formula is C12H10N4O4. The van der Waals surface area contributed by atoms with E-state index in [-0.39, 0.29) is 17.2 Å². The van der Waals surface area contributed by atoms with Crippen molar-refractivity contribution in [3.05, 3.63) is 51.8 Å². The molecule has 2 N–H and O–H groups in total. The van der Waals surface area contributed by atoms with E-state index in [0.29, 0.717) is 11.3 Å². The smallest absolute Gasteiger partial charge is 0.335 e. The largest absolute Gasteiger partial charge is 0.478 e. The van der Waals surface area contributed by atoms with Crippen molar-refractivity contribution >= 4 is 23.3 Å². The molecule has 0 aliphatic heterocycles. The highest BCUT2D eigenvalue weighted by molar-refractivity contribution is 5.90. The van der Waals surface area contributed by atoms with Crippen LogP contribution in [-0.2, 0) is 0 Å². The molecule has 0 fully saturated rings. The van der Waals surface area contributed by atoms with Gasteiger partial charge in [0.05, 0.1) is 10.5 Å². The van der Waals surface area contributed by atoms with E-state index in [9.17, 15) is 14.9 Å². The van der Waals surface area contributed by atoms with E-state index in [1.165, 1.54) is 6.07 Å². The van der Waals surface area contributed by atoms with Crippen molar-refractivity contribution in [2.24, 2.45) is 0 Å². The molecule has 0 unspecified atom stereocenters. The molecule has 0 atom stereocenters. The highest BCUT2D eigenvalue weighted by Crippen LogP contribution is 2.18. The second kappa shape index (κ2) is 5.31. The van der Waals surface area contributed by atoms with E-state index in [4.69, 9.17) is 5.11 Å². The first-order valence-electron chi connectivity index (χ1n) is 5.55. The molecular weight excluding hydrogens is 264 g/mol. The molecule has 0 amide bonds. The first kappa shape index (κ1) is 13.4. The van der Waals surface area contributed by atoms with Crippen LogP contribution in [0.15, 0.2) is 30.6 Å². The van der Waals surface area contributed by atoms with Crippen LogP contribution in [-0.4, -0.2) is 26.0 Å². The normalized spacial score (nSPS) is 10.1. The number of aryl methyl sites for hydroxylation is 1. The van der Waals surface area contributed by atoms with Crippen LogP contribution in [0.3, 0.4) is 0 Å². The predicted molar refractivity (Wildman–Crippen MR) is 70.1 cm³/mol. The molecule has 0 radical (unpaired) electrons. The van der Waals surface area contributed by atoms with Gasteiger partial charge in [-0.3, -0.25) is 10.1 Å². The SMILES string of the molecule is Cc1cc(Nc2ncc([N+](=O)[O-])cn2)ccc1C(=O)O. The fraction of sp³-hybridized carbons (Fsp3) is 0.0833. The van der Waals surface area contributed by atoms with Crippen molar-refractivity contribution in [2.75, 3.05) is 5.32 Å². The molecule has 0 aliphatic carbocycles. The van der Waals surface area contributed by atoms with Crippen molar-refractivity contribution in [2.45, 2.75) is 6.92 Å². The van der Waals surface area contributed by atoms with Gasteiger partial charge >= 0.3 is 11.7 Å². The number of nitrogens with zero attached hydrogens (tertiary/aromatic N) is 3. The molecule has 8 nitrogen and oxygen atoms in total. The van der Waals surface area contributed by atoms with E-state index >= 15 is 0 Å². The summed E-state index contributed by atoms with van der Waals surface area (Å²) in [6, 6.07) is 4.67. The van der Waals surface area contributed by atoms with Crippen LogP contribution < -0.4 is 5.32 Å². The summed E-state index contributed by atoms with van der Waals surface area (Å²) >= 11 is 0. The third-order valence-electron chi connectivity index (χ3n) is 2.56. The van der Waals surface area contributed by atoms with E-state index in [1.807, 2.05) is 0 Å². The van der Waals surface area contributed by atoms with Crippen LogP contribution in [0.2, 0.25) is 0 Å². The molecule has 0 aliphatic rings. The third-order valence-corrected chi connectivity index (χ3v) is 2.56. The Hall–Kier alpha value is -3.03. The van der Waals surface area contributed by atoms with Gasteiger partial charge in [0.25, 0.3) is 0 Å². The highest BCUT2D eigenvalue weighted by atomic mass is 16.6. The van der Waals surface area contributed by atoms with Crippen molar-refractivity contribution in [1.29, 1.82) is 0 Å². The zero-order valence-electron chi connectivity index (χ0n) is 10.4. The average Bonchev–Trinajstić information content (AvgIpc) is 2.39. The van der Waals surface area contributed by atoms with Gasteiger partial charge in [-0.2, -0.15) is 0 Å². The number of carboxylic acid groups (broad SMARTS) is 1. The van der Waals surface area contributed by atoms with Crippen LogP contribution in [0, 0.1) is 17.0 Å². The lowest BCUT2D eigenvalue weighted by molar-refractivity contribution is -0.385. The summed E-state index contributed by atoms with van der Waals surface area (Å²) in [7, 11) is 0. The first-order chi connectivity index (χ1) is 9.47. The molecule has 0 saturated heterocycles. The van der Waals surface area contributed by atoms with Gasteiger partial charge in [0, 0.05) is 5.69 Å². The highest BCUT2D eigenvalue weighted by Gasteiger charge is 2.09. The lowest BCUT2D eigenvalue weighted by Gasteiger charge is -2.07. The Balaban J connectivity index is 2.19. The Morgan fingerprint density at radius 2 is 2.00 bits per heavy atom. The number of anilines is 2. The maximum absolute atomic E-state index is 10.9.